The van der Waals surface area contributed by atoms with E-state index in [4.69, 9.17) is 4.74 Å². The van der Waals surface area contributed by atoms with E-state index in [1.54, 1.807) is 0 Å². The number of aryl methyl sites for hydroxylation is 1. The van der Waals surface area contributed by atoms with E-state index in [0.29, 0.717) is 0 Å². The molecule has 1 aromatic carbocycles. The molecule has 2 atom stereocenters. The van der Waals surface area contributed by atoms with Crippen molar-refractivity contribution in [1.29, 1.82) is 0 Å². The van der Waals surface area contributed by atoms with Crippen LogP contribution in [0, 0.1) is 11.6 Å². The maximum Gasteiger partial charge on any atom is 0.276 e. The van der Waals surface area contributed by atoms with Gasteiger partial charge in [0.15, 0.2) is 23.1 Å². The number of anilines is 1. The van der Waals surface area contributed by atoms with Gasteiger partial charge in [0.2, 0.25) is 10.0 Å². The van der Waals surface area contributed by atoms with Crippen molar-refractivity contribution < 1.29 is 31.8 Å². The number of fused-ring (bicyclic) bond motifs is 1. The van der Waals surface area contributed by atoms with E-state index in [2.05, 4.69) is 10.0 Å². The summed E-state index contributed by atoms with van der Waals surface area (Å²) in [6, 6.07) is 1.93. The van der Waals surface area contributed by atoms with Crippen LogP contribution in [0.15, 0.2) is 29.3 Å². The molecule has 1 aliphatic rings. The van der Waals surface area contributed by atoms with Gasteiger partial charge in [0, 0.05) is 25.0 Å². The Bertz CT molecular complexity index is 1010. The molecular formula is C16H21F2N3O5S3. The van der Waals surface area contributed by atoms with E-state index in [0.717, 1.165) is 12.1 Å². The first-order valence-corrected chi connectivity index (χ1v) is 9.37. The Balaban J connectivity index is 0.00000210. The maximum atomic E-state index is 13.3. The van der Waals surface area contributed by atoms with Gasteiger partial charge in [-0.2, -0.15) is 27.0 Å². The summed E-state index contributed by atoms with van der Waals surface area (Å²) >= 11 is 0. The lowest BCUT2D eigenvalue weighted by Gasteiger charge is -2.18. The second kappa shape index (κ2) is 9.34. The Kier molecular flexibility index (Phi) is 8.13. The molecule has 2 aromatic rings. The quantitative estimate of drug-likeness (QED) is 0.626. The van der Waals surface area contributed by atoms with Crippen molar-refractivity contribution in [2.24, 2.45) is 7.05 Å². The van der Waals surface area contributed by atoms with Crippen LogP contribution >= 0.6 is 27.0 Å². The van der Waals surface area contributed by atoms with Gasteiger partial charge < -0.3 is 19.7 Å². The molecule has 3 rings (SSSR count). The second-order valence-electron chi connectivity index (χ2n) is 6.14. The summed E-state index contributed by atoms with van der Waals surface area (Å²) in [7, 11) is -2.59. The smallest absolute Gasteiger partial charge is 0.276 e. The highest BCUT2D eigenvalue weighted by Crippen LogP contribution is 2.33. The molecule has 3 N–H and O–H groups in total. The molecule has 0 bridgehead atoms. The number of rotatable bonds is 3. The molecule has 2 heterocycles. The molecule has 162 valence electrons. The summed E-state index contributed by atoms with van der Waals surface area (Å²) in [6.07, 6.45) is 0.180. The highest BCUT2D eigenvalue weighted by atomic mass is 32.2. The van der Waals surface area contributed by atoms with Gasteiger partial charge in [-0.15, -0.1) is 0 Å². The fraction of sp³-hybridized carbons (Fsp3) is 0.312. The number of sulfonamides is 1. The van der Waals surface area contributed by atoms with E-state index in [1.807, 2.05) is 0 Å². The van der Waals surface area contributed by atoms with Crippen molar-refractivity contribution in [2.75, 3.05) is 11.9 Å². The molecule has 0 fully saturated rings. The zero-order chi connectivity index (χ0) is 19.9. The lowest BCUT2D eigenvalue weighted by atomic mass is 10.2. The number of benzene rings is 1. The predicted octanol–water partition coefficient (Wildman–Crippen LogP) is 1.20. The van der Waals surface area contributed by atoms with Crippen molar-refractivity contribution >= 4 is 48.6 Å². The molecule has 0 aliphatic carbocycles. The minimum atomic E-state index is -4.04. The van der Waals surface area contributed by atoms with Crippen molar-refractivity contribution in [1.82, 2.24) is 9.29 Å². The number of hydrogen-bond donors (Lipinski definition) is 3. The summed E-state index contributed by atoms with van der Waals surface area (Å²) in [4.78, 5) is 12.3. The largest absolute Gasteiger partial charge is 0.488 e. The third kappa shape index (κ3) is 5.04. The van der Waals surface area contributed by atoms with Crippen molar-refractivity contribution in [3.05, 3.63) is 41.7 Å². The molecule has 13 heteroatoms. The van der Waals surface area contributed by atoms with E-state index in [-0.39, 0.29) is 55.6 Å². The van der Waals surface area contributed by atoms with Crippen molar-refractivity contribution in [3.63, 3.8) is 0 Å². The van der Waals surface area contributed by atoms with Gasteiger partial charge in [-0.05, 0) is 19.1 Å². The van der Waals surface area contributed by atoms with Gasteiger partial charge >= 0.3 is 0 Å². The highest BCUT2D eigenvalue weighted by molar-refractivity contribution is 7.89. The minimum absolute atomic E-state index is 0. The van der Waals surface area contributed by atoms with E-state index >= 15 is 0 Å². The number of carbonyl (C=O) groups excluding carboxylic acids is 1. The van der Waals surface area contributed by atoms with Crippen molar-refractivity contribution in [2.45, 2.75) is 24.0 Å². The number of carbonyl (C=O) groups is 1. The molecule has 0 unspecified atom stereocenters. The Hall–Kier alpha value is -1.80. The van der Waals surface area contributed by atoms with Crippen LogP contribution in [0.1, 0.15) is 17.4 Å². The second-order valence-corrected chi connectivity index (χ2v) is 7.83. The molecule has 1 aromatic heterocycles. The minimum Gasteiger partial charge on any atom is -0.488 e. The molecule has 1 aliphatic heterocycles. The Morgan fingerprint density at radius 1 is 1.34 bits per heavy atom. The predicted molar refractivity (Wildman–Crippen MR) is 112 cm³/mol. The summed E-state index contributed by atoms with van der Waals surface area (Å²) in [5, 5.41) is 12.0. The van der Waals surface area contributed by atoms with Gasteiger partial charge in [-0.25, -0.2) is 21.9 Å². The topological polar surface area (TPSA) is 110 Å². The third-order valence-electron chi connectivity index (χ3n) is 4.08. The van der Waals surface area contributed by atoms with E-state index < -0.39 is 39.7 Å². The van der Waals surface area contributed by atoms with Crippen LogP contribution in [0.2, 0.25) is 0 Å². The first-order valence-electron chi connectivity index (χ1n) is 7.89. The van der Waals surface area contributed by atoms with Gasteiger partial charge in [-0.3, -0.25) is 4.79 Å². The average Bonchev–Trinajstić information content (AvgIpc) is 2.85. The number of aliphatic hydroxyl groups is 1. The average molecular weight is 470 g/mol. The Morgan fingerprint density at radius 2 is 2.00 bits per heavy atom. The number of hydrogen-bond acceptors (Lipinski definition) is 5. The number of nitrogens with one attached hydrogen (secondary N) is 2. The van der Waals surface area contributed by atoms with Crippen LogP contribution in [0.5, 0.6) is 5.75 Å². The molecular weight excluding hydrogens is 448 g/mol. The van der Waals surface area contributed by atoms with Crippen LogP contribution in [-0.2, 0) is 17.1 Å². The third-order valence-corrected chi connectivity index (χ3v) is 5.56. The number of ether oxygens (including phenoxy) is 1. The number of aliphatic hydroxyl groups excluding tert-OH is 1. The lowest BCUT2D eigenvalue weighted by Crippen LogP contribution is -2.44. The van der Waals surface area contributed by atoms with Crippen LogP contribution < -0.4 is 14.8 Å². The van der Waals surface area contributed by atoms with Crippen LogP contribution in [0.3, 0.4) is 0 Å². The Morgan fingerprint density at radius 3 is 2.59 bits per heavy atom. The van der Waals surface area contributed by atoms with Crippen molar-refractivity contribution in [3.8, 4) is 5.75 Å². The maximum absolute atomic E-state index is 13.3. The zero-order valence-corrected chi connectivity index (χ0v) is 18.2. The van der Waals surface area contributed by atoms with Gasteiger partial charge in [0.1, 0.15) is 11.5 Å². The Labute approximate surface area is 180 Å². The summed E-state index contributed by atoms with van der Waals surface area (Å²) in [5.41, 5.74) is -0.128. The SMILES string of the molecule is C[C@H](O)[C@@H]1COc2c(cn(C)c2C(=O)Nc2ccc(F)c(F)c2)S(=O)(=O)N1.S.S. The summed E-state index contributed by atoms with van der Waals surface area (Å²) in [6.45, 7) is 1.21. The number of halogens is 2. The molecule has 0 saturated heterocycles. The molecule has 0 saturated carbocycles. The normalized spacial score (nSPS) is 18.2. The lowest BCUT2D eigenvalue weighted by molar-refractivity contribution is 0.100. The van der Waals surface area contributed by atoms with Crippen LogP contribution in [0.4, 0.5) is 14.5 Å². The standard InChI is InChI=1S/C16H17F2N3O5S.2H2S/c1-8(22)12-7-26-15-13(27(24,25)20-12)6-21(2)14(15)16(23)19-9-3-4-10(17)11(18)5-9;;/h3-6,8,12,20,22H,7H2,1-2H3,(H,19,23);2*1H2/t8-,12-;;/m0../s1. The zero-order valence-electron chi connectivity index (χ0n) is 15.4. The fourth-order valence-electron chi connectivity index (χ4n) is 2.64. The summed E-state index contributed by atoms with van der Waals surface area (Å²) < 4.78 is 60.4. The first-order chi connectivity index (χ1) is 12.6. The highest BCUT2D eigenvalue weighted by Gasteiger charge is 2.35. The molecule has 8 nitrogen and oxygen atoms in total. The monoisotopic (exact) mass is 469 g/mol. The van der Waals surface area contributed by atoms with E-state index in [9.17, 15) is 27.1 Å². The summed E-state index contributed by atoms with van der Waals surface area (Å²) in [5.74, 6) is -3.16. The van der Waals surface area contributed by atoms with Gasteiger partial charge in [0.05, 0.1) is 12.1 Å². The van der Waals surface area contributed by atoms with Crippen LogP contribution in [0.25, 0.3) is 0 Å². The number of amides is 1. The van der Waals surface area contributed by atoms with Gasteiger partial charge in [0.25, 0.3) is 5.91 Å². The van der Waals surface area contributed by atoms with E-state index in [1.165, 1.54) is 30.8 Å². The molecule has 29 heavy (non-hydrogen) atoms. The number of nitrogens with zero attached hydrogens (tertiary/aromatic N) is 1. The fourth-order valence-corrected chi connectivity index (χ4v) is 4.13. The van der Waals surface area contributed by atoms with Crippen LogP contribution in [-0.4, -0.2) is 42.8 Å². The molecule has 0 radical (unpaired) electrons. The first kappa shape index (κ1) is 25.2. The number of aromatic nitrogens is 1. The van der Waals surface area contributed by atoms with Gasteiger partial charge in [-0.1, -0.05) is 0 Å². The molecule has 1 amide bonds. The molecule has 0 spiro atoms.